The summed E-state index contributed by atoms with van der Waals surface area (Å²) >= 11 is 2.95. The number of rotatable bonds is 8. The maximum atomic E-state index is 11.3. The minimum atomic E-state index is -3.65. The van der Waals surface area contributed by atoms with Gasteiger partial charge in [-0.05, 0) is 31.2 Å². The highest BCUT2D eigenvalue weighted by atomic mass is 32.2. The molecule has 0 saturated carbocycles. The molecule has 142 valence electrons. The van der Waals surface area contributed by atoms with Crippen LogP contribution in [0.5, 0.6) is 0 Å². The van der Waals surface area contributed by atoms with Crippen molar-refractivity contribution < 1.29 is 8.42 Å². The van der Waals surface area contributed by atoms with Crippen LogP contribution >= 0.6 is 23.1 Å². The molecule has 1 unspecified atom stereocenters. The number of guanidine groups is 1. The zero-order valence-corrected chi connectivity index (χ0v) is 17.3. The third-order valence-corrected chi connectivity index (χ3v) is 6.91. The van der Waals surface area contributed by atoms with Crippen molar-refractivity contribution in [1.82, 2.24) is 10.6 Å². The Bertz CT molecular complexity index is 820. The number of hydrogen-bond acceptors (Lipinski definition) is 5. The summed E-state index contributed by atoms with van der Waals surface area (Å²) in [6.07, 6.45) is 0. The Balaban J connectivity index is 1.90. The molecule has 0 amide bonds. The smallest absolute Gasteiger partial charge is 0.247 e. The highest BCUT2D eigenvalue weighted by Crippen LogP contribution is 2.22. The lowest BCUT2D eigenvalue weighted by Gasteiger charge is -2.15. The van der Waals surface area contributed by atoms with Gasteiger partial charge in [0.25, 0.3) is 0 Å². The fourth-order valence-electron chi connectivity index (χ4n) is 2.11. The van der Waals surface area contributed by atoms with Crippen LogP contribution in [-0.4, -0.2) is 32.7 Å². The van der Waals surface area contributed by atoms with E-state index in [1.807, 2.05) is 25.1 Å². The molecule has 1 heterocycles. The normalized spacial score (nSPS) is 13.4. The van der Waals surface area contributed by atoms with Gasteiger partial charge in [-0.1, -0.05) is 25.1 Å². The van der Waals surface area contributed by atoms with E-state index in [9.17, 15) is 8.42 Å². The van der Waals surface area contributed by atoms with E-state index >= 15 is 0 Å². The van der Waals surface area contributed by atoms with Gasteiger partial charge >= 0.3 is 0 Å². The third-order valence-electron chi connectivity index (χ3n) is 3.29. The van der Waals surface area contributed by atoms with Gasteiger partial charge in [0, 0.05) is 28.1 Å². The van der Waals surface area contributed by atoms with Gasteiger partial charge in [-0.15, -0.1) is 23.1 Å². The van der Waals surface area contributed by atoms with Gasteiger partial charge in [0.15, 0.2) is 5.96 Å². The number of benzene rings is 1. The maximum Gasteiger partial charge on any atom is 0.247 e. The van der Waals surface area contributed by atoms with Crippen molar-refractivity contribution in [1.29, 1.82) is 0 Å². The van der Waals surface area contributed by atoms with Gasteiger partial charge in [0.2, 0.25) is 10.0 Å². The number of sulfonamides is 1. The summed E-state index contributed by atoms with van der Waals surface area (Å²) in [6, 6.07) is 13.5. The Morgan fingerprint density at radius 1 is 1.23 bits per heavy atom. The van der Waals surface area contributed by atoms with E-state index in [-0.39, 0.29) is 4.21 Å². The predicted molar refractivity (Wildman–Crippen MR) is 110 cm³/mol. The molecule has 0 aliphatic carbocycles. The molecule has 0 fully saturated rings. The van der Waals surface area contributed by atoms with Crippen molar-refractivity contribution >= 4 is 39.1 Å². The molecule has 0 aliphatic heterocycles. The van der Waals surface area contributed by atoms with Crippen molar-refractivity contribution in [3.8, 4) is 0 Å². The molecule has 2 aromatic rings. The molecule has 9 heteroatoms. The Morgan fingerprint density at radius 3 is 2.58 bits per heavy atom. The van der Waals surface area contributed by atoms with Gasteiger partial charge in [-0.3, -0.25) is 0 Å². The standard InChI is InChI=1S/C17H24N4O2S3/c1-3-19-17(20-11-13(2)24-14-7-5-4-6-8-14)21-12-15-9-10-16(25-15)26(18,22)23/h4-10,13H,3,11-12H2,1-2H3,(H2,18,22,23)(H2,19,20,21). The summed E-state index contributed by atoms with van der Waals surface area (Å²) in [5.74, 6) is 0.707. The fourth-order valence-corrected chi connectivity index (χ4v) is 4.76. The lowest BCUT2D eigenvalue weighted by Crippen LogP contribution is -2.40. The molecule has 6 nitrogen and oxygen atoms in total. The molecule has 2 rings (SSSR count). The molecule has 0 saturated heterocycles. The molecule has 0 spiro atoms. The van der Waals surface area contributed by atoms with Crippen molar-refractivity contribution in [2.45, 2.75) is 34.7 Å². The van der Waals surface area contributed by atoms with Crippen LogP contribution in [0.4, 0.5) is 0 Å². The lowest BCUT2D eigenvalue weighted by molar-refractivity contribution is 0.600. The van der Waals surface area contributed by atoms with Crippen molar-refractivity contribution in [2.75, 3.05) is 13.1 Å². The number of thioether (sulfide) groups is 1. The average Bonchev–Trinajstić information content (AvgIpc) is 3.08. The quantitative estimate of drug-likeness (QED) is 0.352. The van der Waals surface area contributed by atoms with Crippen LogP contribution in [0.3, 0.4) is 0 Å². The van der Waals surface area contributed by atoms with Crippen molar-refractivity contribution in [3.63, 3.8) is 0 Å². The zero-order valence-electron chi connectivity index (χ0n) is 14.8. The van der Waals surface area contributed by atoms with Crippen LogP contribution in [0.25, 0.3) is 0 Å². The Morgan fingerprint density at radius 2 is 1.96 bits per heavy atom. The summed E-state index contributed by atoms with van der Waals surface area (Å²) in [5, 5.41) is 12.0. The molecular weight excluding hydrogens is 388 g/mol. The average molecular weight is 413 g/mol. The number of nitrogens with two attached hydrogens (primary N) is 1. The predicted octanol–water partition coefficient (Wildman–Crippen LogP) is 2.63. The van der Waals surface area contributed by atoms with Gasteiger partial charge in [0.05, 0.1) is 6.54 Å². The van der Waals surface area contributed by atoms with Gasteiger partial charge in [-0.2, -0.15) is 0 Å². The molecule has 4 N–H and O–H groups in total. The summed E-state index contributed by atoms with van der Waals surface area (Å²) < 4.78 is 22.8. The Labute approximate surface area is 163 Å². The summed E-state index contributed by atoms with van der Waals surface area (Å²) in [6.45, 7) is 6.07. The minimum Gasteiger partial charge on any atom is -0.357 e. The number of nitrogens with one attached hydrogen (secondary N) is 2. The first-order valence-corrected chi connectivity index (χ1v) is 11.5. The minimum absolute atomic E-state index is 0.161. The van der Waals surface area contributed by atoms with Crippen LogP contribution in [-0.2, 0) is 16.6 Å². The second-order valence-electron chi connectivity index (χ2n) is 5.58. The van der Waals surface area contributed by atoms with Crippen LogP contribution in [0, 0.1) is 0 Å². The lowest BCUT2D eigenvalue weighted by atomic mass is 10.4. The van der Waals surface area contributed by atoms with Crippen LogP contribution in [0.2, 0.25) is 0 Å². The maximum absolute atomic E-state index is 11.3. The van der Waals surface area contributed by atoms with Gasteiger partial charge in [0.1, 0.15) is 4.21 Å². The van der Waals surface area contributed by atoms with Crippen molar-refractivity contribution in [3.05, 3.63) is 47.3 Å². The first kappa shape index (κ1) is 20.8. The fraction of sp³-hybridized carbons (Fsp3) is 0.353. The molecule has 0 aliphatic rings. The van der Waals surface area contributed by atoms with Crippen LogP contribution in [0.1, 0.15) is 18.7 Å². The Hall–Kier alpha value is -1.55. The molecule has 1 atom stereocenters. The van der Waals surface area contributed by atoms with E-state index in [0.717, 1.165) is 29.3 Å². The molecule has 1 aromatic heterocycles. The highest BCUT2D eigenvalue weighted by molar-refractivity contribution is 8.00. The molecule has 0 radical (unpaired) electrons. The molecule has 1 aromatic carbocycles. The van der Waals surface area contributed by atoms with Crippen LogP contribution < -0.4 is 15.8 Å². The van der Waals surface area contributed by atoms with E-state index < -0.39 is 10.0 Å². The number of aliphatic imine (C=N–C) groups is 1. The number of hydrogen-bond donors (Lipinski definition) is 3. The van der Waals surface area contributed by atoms with Gasteiger partial charge < -0.3 is 10.6 Å². The number of primary sulfonamides is 1. The Kier molecular flexibility index (Phi) is 7.95. The number of nitrogens with zero attached hydrogens (tertiary/aromatic N) is 1. The first-order chi connectivity index (χ1) is 12.4. The topological polar surface area (TPSA) is 96.6 Å². The van der Waals surface area contributed by atoms with E-state index in [0.29, 0.717) is 17.8 Å². The molecular formula is C17H24N4O2S3. The van der Waals surface area contributed by atoms with Crippen molar-refractivity contribution in [2.24, 2.45) is 10.1 Å². The third kappa shape index (κ3) is 6.99. The molecule has 26 heavy (non-hydrogen) atoms. The van der Waals surface area contributed by atoms with E-state index in [1.54, 1.807) is 17.8 Å². The van der Waals surface area contributed by atoms with E-state index in [1.165, 1.54) is 11.0 Å². The highest BCUT2D eigenvalue weighted by Gasteiger charge is 2.11. The zero-order chi connectivity index (χ0) is 19.0. The largest absolute Gasteiger partial charge is 0.357 e. The van der Waals surface area contributed by atoms with Crippen LogP contribution in [0.15, 0.2) is 56.6 Å². The van der Waals surface area contributed by atoms with E-state index in [4.69, 9.17) is 5.14 Å². The second kappa shape index (κ2) is 9.96. The second-order valence-corrected chi connectivity index (χ2v) is 10.1. The van der Waals surface area contributed by atoms with E-state index in [2.05, 4.69) is 34.7 Å². The summed E-state index contributed by atoms with van der Waals surface area (Å²) in [5.41, 5.74) is 0. The number of thiophene rings is 1. The molecule has 0 bridgehead atoms. The SMILES string of the molecule is CCNC(=NCc1ccc(S(N)(=O)=O)s1)NCC(C)Sc1ccccc1. The van der Waals surface area contributed by atoms with Gasteiger partial charge in [-0.25, -0.2) is 18.5 Å². The summed E-state index contributed by atoms with van der Waals surface area (Å²) in [4.78, 5) is 6.60. The summed E-state index contributed by atoms with van der Waals surface area (Å²) in [7, 11) is -3.65. The monoisotopic (exact) mass is 412 g/mol. The first-order valence-electron chi connectivity index (χ1n) is 8.24.